The van der Waals surface area contributed by atoms with Crippen LogP contribution >= 0.6 is 11.6 Å². The van der Waals surface area contributed by atoms with Crippen LogP contribution in [0.3, 0.4) is 0 Å². The Balaban J connectivity index is 1.72. The predicted octanol–water partition coefficient (Wildman–Crippen LogP) is 2.68. The van der Waals surface area contributed by atoms with E-state index in [4.69, 9.17) is 11.6 Å². The topological polar surface area (TPSA) is 81.1 Å². The van der Waals surface area contributed by atoms with Crippen LogP contribution in [0, 0.1) is 5.82 Å². The van der Waals surface area contributed by atoms with Crippen molar-refractivity contribution in [3.63, 3.8) is 0 Å². The second-order valence-electron chi connectivity index (χ2n) is 5.64. The van der Waals surface area contributed by atoms with E-state index in [0.717, 1.165) is 4.68 Å². The summed E-state index contributed by atoms with van der Waals surface area (Å²) in [5.74, 6) is -0.372. The van der Waals surface area contributed by atoms with Crippen LogP contribution in [0.1, 0.15) is 0 Å². The molecule has 1 heterocycles. The van der Waals surface area contributed by atoms with Crippen LogP contribution < -0.4 is 10.3 Å². The summed E-state index contributed by atoms with van der Waals surface area (Å²) in [5, 5.41) is 4.64. The Kier molecular flexibility index (Phi) is 5.69. The molecular formula is C18H15ClFN3O3S. The highest BCUT2D eigenvalue weighted by atomic mass is 35.5. The highest BCUT2D eigenvalue weighted by Gasteiger charge is 2.13. The molecule has 3 aromatic rings. The zero-order chi connectivity index (χ0) is 19.4. The van der Waals surface area contributed by atoms with E-state index in [2.05, 4.69) is 9.82 Å². The Bertz CT molecular complexity index is 1100. The van der Waals surface area contributed by atoms with E-state index in [1.807, 2.05) is 0 Å². The van der Waals surface area contributed by atoms with Gasteiger partial charge in [0.2, 0.25) is 10.0 Å². The van der Waals surface area contributed by atoms with Crippen molar-refractivity contribution in [1.29, 1.82) is 0 Å². The highest BCUT2D eigenvalue weighted by molar-refractivity contribution is 7.89. The van der Waals surface area contributed by atoms with Gasteiger partial charge in [0.1, 0.15) is 5.82 Å². The Morgan fingerprint density at radius 1 is 1.00 bits per heavy atom. The summed E-state index contributed by atoms with van der Waals surface area (Å²) in [7, 11) is -3.72. The maximum absolute atomic E-state index is 13.0. The van der Waals surface area contributed by atoms with Crippen molar-refractivity contribution in [1.82, 2.24) is 14.5 Å². The van der Waals surface area contributed by atoms with Crippen molar-refractivity contribution >= 4 is 21.6 Å². The molecule has 0 bridgehead atoms. The van der Waals surface area contributed by atoms with E-state index in [-0.39, 0.29) is 29.4 Å². The third kappa shape index (κ3) is 4.79. The minimum Gasteiger partial charge on any atom is -0.268 e. The molecule has 0 radical (unpaired) electrons. The summed E-state index contributed by atoms with van der Waals surface area (Å²) in [6.45, 7) is 0.0193. The molecule has 0 atom stereocenters. The fourth-order valence-electron chi connectivity index (χ4n) is 2.37. The highest BCUT2D eigenvalue weighted by Crippen LogP contribution is 2.16. The van der Waals surface area contributed by atoms with E-state index in [1.54, 1.807) is 12.1 Å². The average molecular weight is 408 g/mol. The summed E-state index contributed by atoms with van der Waals surface area (Å²) in [6.07, 6.45) is 0. The van der Waals surface area contributed by atoms with Gasteiger partial charge in [0, 0.05) is 23.2 Å². The number of rotatable bonds is 6. The van der Waals surface area contributed by atoms with E-state index >= 15 is 0 Å². The van der Waals surface area contributed by atoms with E-state index < -0.39 is 10.0 Å². The van der Waals surface area contributed by atoms with Crippen molar-refractivity contribution < 1.29 is 12.8 Å². The Hall–Kier alpha value is -2.55. The van der Waals surface area contributed by atoms with Gasteiger partial charge in [-0.05, 0) is 54.6 Å². The molecule has 27 heavy (non-hydrogen) atoms. The van der Waals surface area contributed by atoms with Crippen molar-refractivity contribution in [2.75, 3.05) is 6.54 Å². The molecule has 0 spiro atoms. The standard InChI is InChI=1S/C18H15ClFN3O3S/c19-14-3-7-16(8-4-14)27(25,26)21-11-12-23-18(24)10-9-17(22-23)13-1-5-15(20)6-2-13/h1-10,21H,11-12H2. The lowest BCUT2D eigenvalue weighted by Gasteiger charge is -2.09. The van der Waals surface area contributed by atoms with Crippen LogP contribution in [-0.2, 0) is 16.6 Å². The molecule has 2 aromatic carbocycles. The SMILES string of the molecule is O=c1ccc(-c2ccc(F)cc2)nn1CCNS(=O)(=O)c1ccc(Cl)cc1. The second-order valence-corrected chi connectivity index (χ2v) is 7.84. The monoisotopic (exact) mass is 407 g/mol. The average Bonchev–Trinajstić information content (AvgIpc) is 2.64. The number of nitrogens with zero attached hydrogens (tertiary/aromatic N) is 2. The Morgan fingerprint density at radius 2 is 1.67 bits per heavy atom. The van der Waals surface area contributed by atoms with Crippen LogP contribution in [0.15, 0.2) is 70.4 Å². The zero-order valence-electron chi connectivity index (χ0n) is 14.0. The molecule has 0 fully saturated rings. The van der Waals surface area contributed by atoms with Gasteiger partial charge in [-0.3, -0.25) is 4.79 Å². The van der Waals surface area contributed by atoms with Gasteiger partial charge in [-0.1, -0.05) is 11.6 Å². The van der Waals surface area contributed by atoms with E-state index in [9.17, 15) is 17.6 Å². The Morgan fingerprint density at radius 3 is 2.33 bits per heavy atom. The lowest BCUT2D eigenvalue weighted by Crippen LogP contribution is -2.32. The Labute approximate surface area is 160 Å². The van der Waals surface area contributed by atoms with Crippen LogP contribution in [-0.4, -0.2) is 24.7 Å². The fourth-order valence-corrected chi connectivity index (χ4v) is 3.51. The number of hydrogen-bond acceptors (Lipinski definition) is 4. The van der Waals surface area contributed by atoms with Gasteiger partial charge in [-0.25, -0.2) is 22.2 Å². The first-order chi connectivity index (χ1) is 12.8. The van der Waals surface area contributed by atoms with Gasteiger partial charge < -0.3 is 0 Å². The molecule has 0 aliphatic heterocycles. The molecule has 0 amide bonds. The molecule has 0 saturated carbocycles. The maximum Gasteiger partial charge on any atom is 0.266 e. The molecule has 3 rings (SSSR count). The molecule has 6 nitrogen and oxygen atoms in total. The minimum atomic E-state index is -3.72. The second kappa shape index (κ2) is 7.99. The molecule has 1 aromatic heterocycles. The van der Waals surface area contributed by atoms with Crippen LogP contribution in [0.4, 0.5) is 4.39 Å². The molecule has 1 N–H and O–H groups in total. The molecule has 140 valence electrons. The van der Waals surface area contributed by atoms with Crippen LogP contribution in [0.5, 0.6) is 0 Å². The molecule has 0 unspecified atom stereocenters. The third-order valence-electron chi connectivity index (χ3n) is 3.75. The molecular weight excluding hydrogens is 393 g/mol. The normalized spacial score (nSPS) is 11.5. The quantitative estimate of drug-likeness (QED) is 0.681. The number of nitrogens with one attached hydrogen (secondary N) is 1. The van der Waals surface area contributed by atoms with E-state index in [0.29, 0.717) is 16.3 Å². The first-order valence-electron chi connectivity index (χ1n) is 7.94. The predicted molar refractivity (Wildman–Crippen MR) is 101 cm³/mol. The van der Waals surface area contributed by atoms with Crippen LogP contribution in [0.2, 0.25) is 5.02 Å². The van der Waals surface area contributed by atoms with Gasteiger partial charge in [-0.15, -0.1) is 0 Å². The van der Waals surface area contributed by atoms with Crippen molar-refractivity contribution in [2.24, 2.45) is 0 Å². The first kappa shape index (κ1) is 19.2. The van der Waals surface area contributed by atoms with Gasteiger partial charge >= 0.3 is 0 Å². The molecule has 0 saturated heterocycles. The largest absolute Gasteiger partial charge is 0.268 e. The molecule has 9 heteroatoms. The summed E-state index contributed by atoms with van der Waals surface area (Å²) < 4.78 is 41.1. The lowest BCUT2D eigenvalue weighted by molar-refractivity contribution is 0.548. The molecule has 0 aliphatic carbocycles. The van der Waals surface area contributed by atoms with Crippen molar-refractivity contribution in [3.8, 4) is 11.3 Å². The number of benzene rings is 2. The number of aromatic nitrogens is 2. The van der Waals surface area contributed by atoms with Gasteiger partial charge in [0.05, 0.1) is 17.1 Å². The van der Waals surface area contributed by atoms with E-state index in [1.165, 1.54) is 48.5 Å². The summed E-state index contributed by atoms with van der Waals surface area (Å²) >= 11 is 5.76. The fraction of sp³-hybridized carbons (Fsp3) is 0.111. The van der Waals surface area contributed by atoms with Gasteiger partial charge in [0.15, 0.2) is 0 Å². The van der Waals surface area contributed by atoms with Crippen LogP contribution in [0.25, 0.3) is 11.3 Å². The first-order valence-corrected chi connectivity index (χ1v) is 9.81. The number of sulfonamides is 1. The minimum absolute atomic E-state index is 0.0231. The zero-order valence-corrected chi connectivity index (χ0v) is 15.5. The van der Waals surface area contributed by atoms with Gasteiger partial charge in [0.25, 0.3) is 5.56 Å². The number of hydrogen-bond donors (Lipinski definition) is 1. The molecule has 0 aliphatic rings. The van der Waals surface area contributed by atoms with Crippen molar-refractivity contribution in [2.45, 2.75) is 11.4 Å². The van der Waals surface area contributed by atoms with Gasteiger partial charge in [-0.2, -0.15) is 5.10 Å². The van der Waals surface area contributed by atoms with Crippen molar-refractivity contribution in [3.05, 3.63) is 81.9 Å². The lowest BCUT2D eigenvalue weighted by atomic mass is 10.1. The summed E-state index contributed by atoms with van der Waals surface area (Å²) in [5.41, 5.74) is 0.758. The summed E-state index contributed by atoms with van der Waals surface area (Å²) in [6, 6.07) is 14.3. The summed E-state index contributed by atoms with van der Waals surface area (Å²) in [4.78, 5) is 12.0. The number of halogens is 2. The smallest absolute Gasteiger partial charge is 0.266 e. The third-order valence-corrected chi connectivity index (χ3v) is 5.48. The maximum atomic E-state index is 13.0.